The topological polar surface area (TPSA) is 32.5 Å². The van der Waals surface area contributed by atoms with Gasteiger partial charge in [-0.15, -0.1) is 0 Å². The van der Waals surface area contributed by atoms with Gasteiger partial charge in [0, 0.05) is 31.2 Å². The van der Waals surface area contributed by atoms with Crippen LogP contribution in [-0.2, 0) is 0 Å². The van der Waals surface area contributed by atoms with Crippen molar-refractivity contribution in [3.05, 3.63) is 29.6 Å². The first-order chi connectivity index (χ1) is 8.83. The van der Waals surface area contributed by atoms with Crippen LogP contribution < -0.4 is 10.6 Å². The molecular weight excluding hydrogens is 241 g/mol. The van der Waals surface area contributed by atoms with Gasteiger partial charge < -0.3 is 10.6 Å². The van der Waals surface area contributed by atoms with Gasteiger partial charge in [0.05, 0.1) is 5.69 Å². The van der Waals surface area contributed by atoms with Crippen LogP contribution >= 0.6 is 0 Å². The lowest BCUT2D eigenvalue weighted by atomic mass is 9.97. The highest BCUT2D eigenvalue weighted by Crippen LogP contribution is 2.32. The Hall–Kier alpha value is -1.13. The van der Waals surface area contributed by atoms with Gasteiger partial charge in [0.25, 0.3) is 0 Å². The maximum Gasteiger partial charge on any atom is 0.146 e. The van der Waals surface area contributed by atoms with Crippen molar-refractivity contribution in [3.8, 4) is 0 Å². The molecule has 1 heterocycles. The number of anilines is 1. The Morgan fingerprint density at radius 2 is 2.00 bits per heavy atom. The highest BCUT2D eigenvalue weighted by atomic mass is 19.1. The van der Waals surface area contributed by atoms with E-state index >= 15 is 0 Å². The second kappa shape index (κ2) is 5.10. The number of para-hydroxylation sites is 1. The quantitative estimate of drug-likeness (QED) is 0.891. The maximum absolute atomic E-state index is 14.2. The molecule has 4 heteroatoms. The lowest BCUT2D eigenvalue weighted by Crippen LogP contribution is -2.58. The van der Waals surface area contributed by atoms with Crippen molar-refractivity contribution in [2.75, 3.05) is 31.6 Å². The van der Waals surface area contributed by atoms with Gasteiger partial charge in [0.2, 0.25) is 0 Å². The number of nitrogens with two attached hydrogens (primary N) is 1. The molecule has 19 heavy (non-hydrogen) atoms. The number of nitrogens with zero attached hydrogens (tertiary/aromatic N) is 2. The van der Waals surface area contributed by atoms with Gasteiger partial charge in [-0.25, -0.2) is 4.39 Å². The molecule has 0 aromatic heterocycles. The van der Waals surface area contributed by atoms with E-state index < -0.39 is 0 Å². The summed E-state index contributed by atoms with van der Waals surface area (Å²) >= 11 is 0. The zero-order valence-corrected chi connectivity index (χ0v) is 12.3. The lowest BCUT2D eigenvalue weighted by molar-refractivity contribution is 0.138. The van der Waals surface area contributed by atoms with Gasteiger partial charge in [0.15, 0.2) is 0 Å². The largest absolute Gasteiger partial charge is 0.366 e. The van der Waals surface area contributed by atoms with Gasteiger partial charge in [-0.3, -0.25) is 4.90 Å². The number of rotatable bonds is 2. The van der Waals surface area contributed by atoms with Crippen molar-refractivity contribution in [1.29, 1.82) is 0 Å². The molecule has 0 spiro atoms. The van der Waals surface area contributed by atoms with E-state index in [4.69, 9.17) is 5.73 Å². The summed E-state index contributed by atoms with van der Waals surface area (Å²) in [7, 11) is 2.12. The smallest absolute Gasteiger partial charge is 0.146 e. The van der Waals surface area contributed by atoms with Crippen LogP contribution in [0.2, 0.25) is 0 Å². The molecular formula is C15H24FN3. The predicted molar refractivity (Wildman–Crippen MR) is 77.9 cm³/mol. The van der Waals surface area contributed by atoms with Gasteiger partial charge in [0.1, 0.15) is 5.82 Å². The van der Waals surface area contributed by atoms with Crippen molar-refractivity contribution in [3.63, 3.8) is 0 Å². The summed E-state index contributed by atoms with van der Waals surface area (Å²) in [6, 6.07) is 5.02. The average Bonchev–Trinajstić information content (AvgIpc) is 2.32. The molecule has 2 N–H and O–H groups in total. The number of hydrogen-bond donors (Lipinski definition) is 1. The molecule has 1 aromatic rings. The number of halogens is 1. The molecule has 3 nitrogen and oxygen atoms in total. The van der Waals surface area contributed by atoms with Crippen molar-refractivity contribution in [2.45, 2.75) is 32.4 Å². The zero-order chi connectivity index (χ0) is 14.2. The Morgan fingerprint density at radius 1 is 1.32 bits per heavy atom. The molecule has 1 atom stereocenters. The van der Waals surface area contributed by atoms with Gasteiger partial charge in [-0.1, -0.05) is 12.1 Å². The van der Waals surface area contributed by atoms with Gasteiger partial charge >= 0.3 is 0 Å². The average molecular weight is 265 g/mol. The molecule has 0 amide bonds. The maximum atomic E-state index is 14.2. The highest BCUT2D eigenvalue weighted by Gasteiger charge is 2.33. The Morgan fingerprint density at radius 3 is 2.58 bits per heavy atom. The number of piperazine rings is 1. The van der Waals surface area contributed by atoms with E-state index in [0.717, 1.165) is 25.2 Å². The van der Waals surface area contributed by atoms with Crippen molar-refractivity contribution >= 4 is 5.69 Å². The van der Waals surface area contributed by atoms with Crippen molar-refractivity contribution < 1.29 is 4.39 Å². The molecule has 1 saturated heterocycles. The minimum atomic E-state index is -0.171. The first-order valence-corrected chi connectivity index (χ1v) is 6.83. The van der Waals surface area contributed by atoms with Crippen LogP contribution in [-0.4, -0.2) is 37.1 Å². The fraction of sp³-hybridized carbons (Fsp3) is 0.600. The van der Waals surface area contributed by atoms with Crippen LogP contribution in [0.1, 0.15) is 32.4 Å². The fourth-order valence-electron chi connectivity index (χ4n) is 2.66. The van der Waals surface area contributed by atoms with Crippen LogP contribution in [0.5, 0.6) is 0 Å². The van der Waals surface area contributed by atoms with Crippen molar-refractivity contribution in [1.82, 2.24) is 4.90 Å². The van der Waals surface area contributed by atoms with Crippen LogP contribution in [0.25, 0.3) is 0 Å². The van der Waals surface area contributed by atoms with E-state index in [1.807, 2.05) is 13.0 Å². The number of likely N-dealkylation sites (N-methyl/N-ethyl adjacent to an activating group) is 1. The monoisotopic (exact) mass is 265 g/mol. The molecule has 1 aliphatic heterocycles. The first kappa shape index (κ1) is 14.3. The van der Waals surface area contributed by atoms with E-state index in [2.05, 4.69) is 30.7 Å². The summed E-state index contributed by atoms with van der Waals surface area (Å²) in [5.74, 6) is -0.171. The molecule has 0 saturated carbocycles. The molecule has 106 valence electrons. The molecule has 0 bridgehead atoms. The summed E-state index contributed by atoms with van der Waals surface area (Å²) in [5.41, 5.74) is 7.59. The van der Waals surface area contributed by atoms with Gasteiger partial charge in [-0.05, 0) is 39.4 Å². The van der Waals surface area contributed by atoms with E-state index in [-0.39, 0.29) is 17.4 Å². The minimum Gasteiger partial charge on any atom is -0.366 e. The molecule has 1 fully saturated rings. The lowest BCUT2D eigenvalue weighted by Gasteiger charge is -2.46. The number of benzene rings is 1. The van der Waals surface area contributed by atoms with Gasteiger partial charge in [-0.2, -0.15) is 0 Å². The Balaban J connectivity index is 2.37. The van der Waals surface area contributed by atoms with Crippen LogP contribution in [0.4, 0.5) is 10.1 Å². The third-order valence-electron chi connectivity index (χ3n) is 4.14. The van der Waals surface area contributed by atoms with Crippen molar-refractivity contribution in [2.24, 2.45) is 5.73 Å². The van der Waals surface area contributed by atoms with E-state index in [9.17, 15) is 4.39 Å². The summed E-state index contributed by atoms with van der Waals surface area (Å²) in [6.07, 6.45) is 0. The Kier molecular flexibility index (Phi) is 3.83. The molecule has 1 aliphatic rings. The normalized spacial score (nSPS) is 21.5. The third-order valence-corrected chi connectivity index (χ3v) is 4.14. The molecule has 0 aliphatic carbocycles. The zero-order valence-electron chi connectivity index (χ0n) is 12.3. The summed E-state index contributed by atoms with van der Waals surface area (Å²) in [5, 5.41) is 0. The predicted octanol–water partition coefficient (Wildman–Crippen LogP) is 2.38. The summed E-state index contributed by atoms with van der Waals surface area (Å²) in [6.45, 7) is 8.85. The summed E-state index contributed by atoms with van der Waals surface area (Å²) in [4.78, 5) is 4.45. The second-order valence-electron chi connectivity index (χ2n) is 6.12. The van der Waals surface area contributed by atoms with Crippen LogP contribution in [0, 0.1) is 5.82 Å². The van der Waals surface area contributed by atoms with E-state index in [0.29, 0.717) is 5.69 Å². The Labute approximate surface area is 115 Å². The molecule has 0 unspecified atom stereocenters. The number of hydrogen-bond acceptors (Lipinski definition) is 3. The second-order valence-corrected chi connectivity index (χ2v) is 6.12. The molecule has 2 rings (SSSR count). The molecule has 1 aromatic carbocycles. The van der Waals surface area contributed by atoms with E-state index in [1.54, 1.807) is 6.07 Å². The third kappa shape index (κ3) is 2.74. The van der Waals surface area contributed by atoms with Crippen LogP contribution in [0.15, 0.2) is 18.2 Å². The van der Waals surface area contributed by atoms with E-state index in [1.165, 1.54) is 6.07 Å². The molecule has 0 radical (unpaired) electrons. The van der Waals surface area contributed by atoms with Crippen LogP contribution in [0.3, 0.4) is 0 Å². The first-order valence-electron chi connectivity index (χ1n) is 6.83. The highest BCUT2D eigenvalue weighted by molar-refractivity contribution is 5.56. The minimum absolute atomic E-state index is 0.0373. The summed E-state index contributed by atoms with van der Waals surface area (Å²) < 4.78 is 14.2. The fourth-order valence-corrected chi connectivity index (χ4v) is 2.66. The SMILES string of the molecule is C[C@H](N)c1cccc(F)c1N1CCN(C)C(C)(C)C1. The standard InChI is InChI=1S/C15H24FN3/c1-11(17)12-6-5-7-13(16)14(12)19-9-8-18(4)15(2,3)10-19/h5-7,11H,8-10,17H2,1-4H3/t11-/m0/s1. The Bertz CT molecular complexity index is 457.